The van der Waals surface area contributed by atoms with Crippen molar-refractivity contribution in [3.05, 3.63) is 71.8 Å². The molecule has 3 amide bonds. The summed E-state index contributed by atoms with van der Waals surface area (Å²) in [4.78, 5) is 27.5. The maximum Gasteiger partial charge on any atom is 0.315 e. The Kier molecular flexibility index (Phi) is 7.85. The maximum atomic E-state index is 12.8. The van der Waals surface area contributed by atoms with Gasteiger partial charge in [-0.2, -0.15) is 0 Å². The summed E-state index contributed by atoms with van der Waals surface area (Å²) in [5, 5.41) is 8.80. The maximum absolute atomic E-state index is 12.8. The lowest BCUT2D eigenvalue weighted by atomic mass is 10.0. The van der Waals surface area contributed by atoms with Crippen molar-refractivity contribution in [1.29, 1.82) is 0 Å². The van der Waals surface area contributed by atoms with Crippen molar-refractivity contribution in [2.45, 2.75) is 45.4 Å². The van der Waals surface area contributed by atoms with Gasteiger partial charge in [0.1, 0.15) is 6.04 Å². The van der Waals surface area contributed by atoms with Crippen molar-refractivity contribution in [1.82, 2.24) is 20.9 Å². The first-order valence-electron chi connectivity index (χ1n) is 10.7. The summed E-state index contributed by atoms with van der Waals surface area (Å²) in [6.07, 6.45) is 0.920. The van der Waals surface area contributed by atoms with Crippen LogP contribution in [0.4, 0.5) is 4.79 Å². The summed E-state index contributed by atoms with van der Waals surface area (Å²) in [7, 11) is 0. The fraction of sp³-hybridized carbons (Fsp3) is 0.417. The Morgan fingerprint density at radius 3 is 2.27 bits per heavy atom. The third-order valence-corrected chi connectivity index (χ3v) is 5.40. The summed E-state index contributed by atoms with van der Waals surface area (Å²) in [5.74, 6) is -0.124. The van der Waals surface area contributed by atoms with Crippen molar-refractivity contribution in [2.75, 3.05) is 13.1 Å². The van der Waals surface area contributed by atoms with Crippen LogP contribution in [0.3, 0.4) is 0 Å². The van der Waals surface area contributed by atoms with E-state index in [0.29, 0.717) is 6.54 Å². The van der Waals surface area contributed by atoms with E-state index in [1.165, 1.54) is 5.56 Å². The Balaban J connectivity index is 1.46. The van der Waals surface area contributed by atoms with E-state index in [4.69, 9.17) is 0 Å². The van der Waals surface area contributed by atoms with E-state index in [-0.39, 0.29) is 23.9 Å². The zero-order valence-corrected chi connectivity index (χ0v) is 17.8. The summed E-state index contributed by atoms with van der Waals surface area (Å²) < 4.78 is 0. The minimum atomic E-state index is -0.566. The molecule has 1 heterocycles. The van der Waals surface area contributed by atoms with Crippen LogP contribution >= 0.6 is 0 Å². The summed E-state index contributed by atoms with van der Waals surface area (Å²) in [6.45, 7) is 6.98. The first-order chi connectivity index (χ1) is 14.5. The Bertz CT molecular complexity index is 810. The van der Waals surface area contributed by atoms with Gasteiger partial charge < -0.3 is 16.0 Å². The molecule has 1 saturated heterocycles. The smallest absolute Gasteiger partial charge is 0.315 e. The van der Waals surface area contributed by atoms with E-state index in [2.05, 4.69) is 33.0 Å². The standard InChI is InChI=1S/C24H32N4O2/c1-18(2)22(27-24(30)25-15-19-9-5-3-6-10-19)23(29)26-21-13-14-28(17-21)16-20-11-7-4-8-12-20/h3-12,18,21-22H,13-17H2,1-2H3,(H,26,29)(H2,25,27,30)/t21-,22+/m0/s1. The Morgan fingerprint density at radius 1 is 1.00 bits per heavy atom. The van der Waals surface area contributed by atoms with Gasteiger partial charge in [-0.25, -0.2) is 4.79 Å². The number of urea groups is 1. The molecule has 0 saturated carbocycles. The molecule has 6 heteroatoms. The van der Waals surface area contributed by atoms with E-state index in [9.17, 15) is 9.59 Å². The van der Waals surface area contributed by atoms with Gasteiger partial charge in [0.25, 0.3) is 0 Å². The highest BCUT2D eigenvalue weighted by molar-refractivity contribution is 5.87. The molecule has 0 bridgehead atoms. The van der Waals surface area contributed by atoms with Gasteiger partial charge in [-0.3, -0.25) is 9.69 Å². The van der Waals surface area contributed by atoms with Crippen LogP contribution in [0.25, 0.3) is 0 Å². The molecule has 0 unspecified atom stereocenters. The van der Waals surface area contributed by atoms with Crippen LogP contribution in [0.15, 0.2) is 60.7 Å². The number of nitrogens with zero attached hydrogens (tertiary/aromatic N) is 1. The molecule has 2 atom stereocenters. The van der Waals surface area contributed by atoms with Crippen LogP contribution in [0.2, 0.25) is 0 Å². The molecule has 0 aliphatic carbocycles. The second-order valence-corrected chi connectivity index (χ2v) is 8.25. The third-order valence-electron chi connectivity index (χ3n) is 5.40. The third kappa shape index (κ3) is 6.59. The molecule has 1 fully saturated rings. The van der Waals surface area contributed by atoms with Gasteiger partial charge >= 0.3 is 6.03 Å². The summed E-state index contributed by atoms with van der Waals surface area (Å²) in [6, 6.07) is 19.3. The molecule has 0 aromatic heterocycles. The molecular weight excluding hydrogens is 376 g/mol. The number of carbonyl (C=O) groups is 2. The topological polar surface area (TPSA) is 73.5 Å². The van der Waals surface area contributed by atoms with Crippen molar-refractivity contribution in [2.24, 2.45) is 5.92 Å². The quantitative estimate of drug-likeness (QED) is 0.629. The van der Waals surface area contributed by atoms with E-state index in [0.717, 1.165) is 31.6 Å². The van der Waals surface area contributed by atoms with Gasteiger partial charge in [0, 0.05) is 32.2 Å². The number of carbonyl (C=O) groups excluding carboxylic acids is 2. The number of amides is 3. The second kappa shape index (κ2) is 10.8. The van der Waals surface area contributed by atoms with Crippen molar-refractivity contribution < 1.29 is 9.59 Å². The normalized spacial score (nSPS) is 17.5. The first-order valence-corrected chi connectivity index (χ1v) is 10.7. The van der Waals surface area contributed by atoms with Crippen LogP contribution in [0.5, 0.6) is 0 Å². The SMILES string of the molecule is CC(C)[C@@H](NC(=O)NCc1ccccc1)C(=O)N[C@H]1CCN(Cc2ccccc2)C1. The fourth-order valence-corrected chi connectivity index (χ4v) is 3.73. The molecule has 160 valence electrons. The monoisotopic (exact) mass is 408 g/mol. The molecule has 0 spiro atoms. The highest BCUT2D eigenvalue weighted by Gasteiger charge is 2.29. The summed E-state index contributed by atoms with van der Waals surface area (Å²) in [5.41, 5.74) is 2.30. The van der Waals surface area contributed by atoms with E-state index >= 15 is 0 Å². The van der Waals surface area contributed by atoms with Gasteiger partial charge in [0.15, 0.2) is 0 Å². The molecule has 1 aliphatic rings. The van der Waals surface area contributed by atoms with E-state index in [1.54, 1.807) is 0 Å². The van der Waals surface area contributed by atoms with Crippen LogP contribution < -0.4 is 16.0 Å². The molecule has 1 aliphatic heterocycles. The Hall–Kier alpha value is -2.86. The Labute approximate surface area is 179 Å². The predicted molar refractivity (Wildman–Crippen MR) is 119 cm³/mol. The molecule has 0 radical (unpaired) electrons. The number of benzene rings is 2. The number of hydrogen-bond acceptors (Lipinski definition) is 3. The second-order valence-electron chi connectivity index (χ2n) is 8.25. The molecule has 3 rings (SSSR count). The van der Waals surface area contributed by atoms with Crippen LogP contribution in [0.1, 0.15) is 31.4 Å². The number of likely N-dealkylation sites (tertiary alicyclic amines) is 1. The lowest BCUT2D eigenvalue weighted by Crippen LogP contribution is -2.54. The molecular formula is C24H32N4O2. The highest BCUT2D eigenvalue weighted by atomic mass is 16.2. The lowest BCUT2D eigenvalue weighted by molar-refractivity contribution is -0.124. The van der Waals surface area contributed by atoms with Crippen molar-refractivity contribution >= 4 is 11.9 Å². The van der Waals surface area contributed by atoms with Gasteiger partial charge in [-0.05, 0) is 23.5 Å². The van der Waals surface area contributed by atoms with Gasteiger partial charge in [-0.1, -0.05) is 74.5 Å². The predicted octanol–water partition coefficient (Wildman–Crippen LogP) is 2.90. The van der Waals surface area contributed by atoms with Gasteiger partial charge in [-0.15, -0.1) is 0 Å². The average molecular weight is 409 g/mol. The van der Waals surface area contributed by atoms with E-state index in [1.807, 2.05) is 62.4 Å². The molecule has 6 nitrogen and oxygen atoms in total. The van der Waals surface area contributed by atoms with Crippen molar-refractivity contribution in [3.63, 3.8) is 0 Å². The summed E-state index contributed by atoms with van der Waals surface area (Å²) >= 11 is 0. The molecule has 3 N–H and O–H groups in total. The average Bonchev–Trinajstić information content (AvgIpc) is 3.18. The van der Waals surface area contributed by atoms with Crippen molar-refractivity contribution in [3.8, 4) is 0 Å². The van der Waals surface area contributed by atoms with Gasteiger partial charge in [0.2, 0.25) is 5.91 Å². The first kappa shape index (κ1) is 21.8. The molecule has 2 aromatic carbocycles. The largest absolute Gasteiger partial charge is 0.350 e. The lowest BCUT2D eigenvalue weighted by Gasteiger charge is -2.24. The Morgan fingerprint density at radius 2 is 1.63 bits per heavy atom. The number of hydrogen-bond donors (Lipinski definition) is 3. The minimum absolute atomic E-state index is 0.00528. The molecule has 2 aromatic rings. The zero-order chi connectivity index (χ0) is 21.3. The molecule has 30 heavy (non-hydrogen) atoms. The fourth-order valence-electron chi connectivity index (χ4n) is 3.73. The van der Waals surface area contributed by atoms with E-state index < -0.39 is 6.04 Å². The van der Waals surface area contributed by atoms with Crippen LogP contribution in [-0.2, 0) is 17.9 Å². The van der Waals surface area contributed by atoms with Crippen LogP contribution in [-0.4, -0.2) is 42.0 Å². The zero-order valence-electron chi connectivity index (χ0n) is 17.8. The van der Waals surface area contributed by atoms with Crippen LogP contribution in [0, 0.1) is 5.92 Å². The number of rotatable bonds is 8. The minimum Gasteiger partial charge on any atom is -0.350 e. The highest BCUT2D eigenvalue weighted by Crippen LogP contribution is 2.14. The number of nitrogens with one attached hydrogen (secondary N) is 3. The van der Waals surface area contributed by atoms with Gasteiger partial charge in [0.05, 0.1) is 0 Å².